The van der Waals surface area contributed by atoms with Crippen molar-refractivity contribution in [2.75, 3.05) is 20.8 Å². The molecule has 2 unspecified atom stereocenters. The Kier molecular flexibility index (Phi) is 3.98. The van der Waals surface area contributed by atoms with E-state index in [1.165, 1.54) is 0 Å². The van der Waals surface area contributed by atoms with Crippen molar-refractivity contribution in [2.24, 2.45) is 11.7 Å². The van der Waals surface area contributed by atoms with Crippen molar-refractivity contribution in [3.05, 3.63) is 0 Å². The van der Waals surface area contributed by atoms with Gasteiger partial charge in [0.1, 0.15) is 0 Å². The number of rotatable bonds is 3. The summed E-state index contributed by atoms with van der Waals surface area (Å²) >= 11 is 0. The first-order valence-corrected chi connectivity index (χ1v) is 4.55. The number of hydrogen-bond donors (Lipinski definition) is 1. The van der Waals surface area contributed by atoms with Gasteiger partial charge in [-0.25, -0.2) is 0 Å². The summed E-state index contributed by atoms with van der Waals surface area (Å²) < 4.78 is 10.6. The second kappa shape index (κ2) is 4.80. The molecule has 0 bridgehead atoms. The monoisotopic (exact) mass is 173 g/mol. The zero-order valence-electron chi connectivity index (χ0n) is 7.95. The van der Waals surface area contributed by atoms with E-state index in [9.17, 15) is 0 Å². The third kappa shape index (κ3) is 2.44. The van der Waals surface area contributed by atoms with E-state index in [4.69, 9.17) is 15.2 Å². The van der Waals surface area contributed by atoms with Crippen LogP contribution in [-0.4, -0.2) is 33.0 Å². The fourth-order valence-corrected chi connectivity index (χ4v) is 1.90. The zero-order valence-corrected chi connectivity index (χ0v) is 7.95. The lowest BCUT2D eigenvalue weighted by Crippen LogP contribution is -2.35. The molecule has 0 amide bonds. The Morgan fingerprint density at radius 2 is 1.58 bits per heavy atom. The van der Waals surface area contributed by atoms with Crippen LogP contribution in [0.4, 0.5) is 0 Å². The first-order chi connectivity index (χ1) is 5.80. The molecular formula is C9H19NO2. The Hall–Kier alpha value is -0.120. The van der Waals surface area contributed by atoms with Gasteiger partial charge >= 0.3 is 0 Å². The molecular weight excluding hydrogens is 154 g/mol. The Morgan fingerprint density at radius 3 is 1.92 bits per heavy atom. The molecule has 2 N–H and O–H groups in total. The van der Waals surface area contributed by atoms with Crippen molar-refractivity contribution in [3.8, 4) is 0 Å². The van der Waals surface area contributed by atoms with Gasteiger partial charge in [-0.2, -0.15) is 0 Å². The van der Waals surface area contributed by atoms with Crippen molar-refractivity contribution in [2.45, 2.75) is 31.5 Å². The number of hydrogen-bond acceptors (Lipinski definition) is 3. The third-order valence-electron chi connectivity index (χ3n) is 2.72. The van der Waals surface area contributed by atoms with Gasteiger partial charge in [0.25, 0.3) is 0 Å². The molecule has 2 atom stereocenters. The van der Waals surface area contributed by atoms with Gasteiger partial charge in [-0.1, -0.05) is 0 Å². The minimum atomic E-state index is 0.345. The first kappa shape index (κ1) is 9.96. The average molecular weight is 173 g/mol. The Bertz CT molecular complexity index is 99.9. The van der Waals surface area contributed by atoms with E-state index < -0.39 is 0 Å². The fraction of sp³-hybridized carbons (Fsp3) is 1.00. The van der Waals surface area contributed by atoms with Crippen LogP contribution >= 0.6 is 0 Å². The quantitative estimate of drug-likeness (QED) is 0.685. The highest BCUT2D eigenvalue weighted by Crippen LogP contribution is 2.27. The largest absolute Gasteiger partial charge is 0.381 e. The standard InChI is InChI=1S/C9H19NO2/c1-11-8-3-7(6-10)4-9(5-8)12-2/h7-9H,3-6,10H2,1-2H3. The second-order valence-electron chi connectivity index (χ2n) is 3.52. The van der Waals surface area contributed by atoms with E-state index >= 15 is 0 Å². The van der Waals surface area contributed by atoms with Crippen molar-refractivity contribution in [1.82, 2.24) is 0 Å². The van der Waals surface area contributed by atoms with Gasteiger partial charge in [-0.3, -0.25) is 0 Å². The minimum absolute atomic E-state index is 0.345. The third-order valence-corrected chi connectivity index (χ3v) is 2.72. The number of methoxy groups -OCH3 is 2. The second-order valence-corrected chi connectivity index (χ2v) is 3.52. The summed E-state index contributed by atoms with van der Waals surface area (Å²) in [5, 5.41) is 0. The van der Waals surface area contributed by atoms with Gasteiger partial charge in [0.2, 0.25) is 0 Å². The van der Waals surface area contributed by atoms with Gasteiger partial charge in [-0.05, 0) is 31.7 Å². The Balaban J connectivity index is 2.41. The minimum Gasteiger partial charge on any atom is -0.381 e. The zero-order chi connectivity index (χ0) is 8.97. The molecule has 72 valence electrons. The predicted octanol–water partition coefficient (Wildman–Crippen LogP) is 0.775. The van der Waals surface area contributed by atoms with Crippen LogP contribution in [0.3, 0.4) is 0 Å². The summed E-state index contributed by atoms with van der Waals surface area (Å²) in [6.45, 7) is 0.750. The molecule has 0 aromatic carbocycles. The molecule has 1 rings (SSSR count). The molecule has 3 nitrogen and oxygen atoms in total. The number of ether oxygens (including phenoxy) is 2. The van der Waals surface area contributed by atoms with E-state index in [1.807, 2.05) is 0 Å². The molecule has 0 radical (unpaired) electrons. The highest BCUT2D eigenvalue weighted by atomic mass is 16.5. The van der Waals surface area contributed by atoms with Crippen LogP contribution in [0.5, 0.6) is 0 Å². The van der Waals surface area contributed by atoms with Crippen LogP contribution in [0.2, 0.25) is 0 Å². The van der Waals surface area contributed by atoms with Crippen LogP contribution in [0, 0.1) is 5.92 Å². The van der Waals surface area contributed by atoms with Gasteiger partial charge < -0.3 is 15.2 Å². The summed E-state index contributed by atoms with van der Waals surface area (Å²) in [7, 11) is 3.52. The maximum absolute atomic E-state index is 5.63. The maximum Gasteiger partial charge on any atom is 0.0599 e. The normalized spacial score (nSPS) is 36.8. The van der Waals surface area contributed by atoms with E-state index in [1.54, 1.807) is 14.2 Å². The predicted molar refractivity (Wildman–Crippen MR) is 48.0 cm³/mol. The molecule has 12 heavy (non-hydrogen) atoms. The van der Waals surface area contributed by atoms with Crippen LogP contribution in [-0.2, 0) is 9.47 Å². The van der Waals surface area contributed by atoms with Gasteiger partial charge in [0, 0.05) is 14.2 Å². The lowest BCUT2D eigenvalue weighted by molar-refractivity contribution is -0.0280. The van der Waals surface area contributed by atoms with Crippen LogP contribution < -0.4 is 5.73 Å². The molecule has 1 saturated carbocycles. The molecule has 1 aliphatic carbocycles. The maximum atomic E-state index is 5.63. The Labute approximate surface area is 74.2 Å². The molecule has 0 aliphatic heterocycles. The van der Waals surface area contributed by atoms with Gasteiger partial charge in [0.05, 0.1) is 12.2 Å². The topological polar surface area (TPSA) is 44.5 Å². The average Bonchev–Trinajstić information content (AvgIpc) is 2.16. The van der Waals surface area contributed by atoms with Crippen molar-refractivity contribution in [3.63, 3.8) is 0 Å². The van der Waals surface area contributed by atoms with Crippen molar-refractivity contribution < 1.29 is 9.47 Å². The Morgan fingerprint density at radius 1 is 1.08 bits per heavy atom. The molecule has 0 heterocycles. The smallest absolute Gasteiger partial charge is 0.0599 e. The lowest BCUT2D eigenvalue weighted by Gasteiger charge is -2.32. The van der Waals surface area contributed by atoms with Crippen LogP contribution in [0.25, 0.3) is 0 Å². The van der Waals surface area contributed by atoms with E-state index in [-0.39, 0.29) is 0 Å². The summed E-state index contributed by atoms with van der Waals surface area (Å²) in [4.78, 5) is 0. The molecule has 0 aromatic rings. The van der Waals surface area contributed by atoms with E-state index in [2.05, 4.69) is 0 Å². The van der Waals surface area contributed by atoms with Gasteiger partial charge in [-0.15, -0.1) is 0 Å². The van der Waals surface area contributed by atoms with Gasteiger partial charge in [0.15, 0.2) is 0 Å². The summed E-state index contributed by atoms with van der Waals surface area (Å²) in [6, 6.07) is 0. The van der Waals surface area contributed by atoms with Crippen molar-refractivity contribution >= 4 is 0 Å². The lowest BCUT2D eigenvalue weighted by atomic mass is 9.85. The van der Waals surface area contributed by atoms with E-state index in [0.717, 1.165) is 25.8 Å². The SMILES string of the molecule is COC1CC(CN)CC(OC)C1. The molecule has 1 aliphatic rings. The van der Waals surface area contributed by atoms with Crippen LogP contribution in [0.1, 0.15) is 19.3 Å². The number of nitrogens with two attached hydrogens (primary N) is 1. The molecule has 3 heteroatoms. The van der Waals surface area contributed by atoms with E-state index in [0.29, 0.717) is 18.1 Å². The van der Waals surface area contributed by atoms with Crippen LogP contribution in [0.15, 0.2) is 0 Å². The first-order valence-electron chi connectivity index (χ1n) is 4.55. The molecule has 1 fully saturated rings. The molecule has 0 spiro atoms. The highest BCUT2D eigenvalue weighted by Gasteiger charge is 2.27. The molecule has 0 aromatic heterocycles. The highest BCUT2D eigenvalue weighted by molar-refractivity contribution is 4.80. The summed E-state index contributed by atoms with van der Waals surface area (Å²) in [6.07, 6.45) is 3.89. The summed E-state index contributed by atoms with van der Waals surface area (Å²) in [5.41, 5.74) is 5.63. The molecule has 0 saturated heterocycles. The summed E-state index contributed by atoms with van der Waals surface area (Å²) in [5.74, 6) is 0.577. The van der Waals surface area contributed by atoms with Crippen molar-refractivity contribution in [1.29, 1.82) is 0 Å². The fourth-order valence-electron chi connectivity index (χ4n) is 1.90.